The van der Waals surface area contributed by atoms with Gasteiger partial charge in [0.15, 0.2) is 5.58 Å². The lowest BCUT2D eigenvalue weighted by Gasteiger charge is -2.38. The molecule has 39 heavy (non-hydrogen) atoms. The van der Waals surface area contributed by atoms with Crippen LogP contribution < -0.4 is 16.0 Å². The molecule has 0 spiro atoms. The van der Waals surface area contributed by atoms with Crippen molar-refractivity contribution in [1.29, 1.82) is 0 Å². The third-order valence-electron chi connectivity index (χ3n) is 8.20. The van der Waals surface area contributed by atoms with Crippen LogP contribution in [0.25, 0.3) is 11.1 Å². The van der Waals surface area contributed by atoms with Crippen LogP contribution in [-0.2, 0) is 19.1 Å². The number of amides is 2. The van der Waals surface area contributed by atoms with Crippen molar-refractivity contribution in [2.45, 2.75) is 77.4 Å². The molecule has 3 saturated heterocycles. The number of benzene rings is 1. The quantitative estimate of drug-likeness (QED) is 0.439. The summed E-state index contributed by atoms with van der Waals surface area (Å²) in [6, 6.07) is 4.97. The van der Waals surface area contributed by atoms with Gasteiger partial charge in [-0.3, -0.25) is 24.3 Å². The Bertz CT molecular complexity index is 1270. The van der Waals surface area contributed by atoms with Crippen molar-refractivity contribution in [2.75, 3.05) is 37.6 Å². The van der Waals surface area contributed by atoms with Gasteiger partial charge in [0.1, 0.15) is 11.6 Å². The molecule has 0 radical (unpaired) electrons. The van der Waals surface area contributed by atoms with Crippen LogP contribution in [0.3, 0.4) is 0 Å². The zero-order valence-corrected chi connectivity index (χ0v) is 23.2. The van der Waals surface area contributed by atoms with Crippen LogP contribution in [0.5, 0.6) is 0 Å². The van der Waals surface area contributed by atoms with Crippen molar-refractivity contribution in [2.24, 2.45) is 11.8 Å². The Balaban J connectivity index is 1.12. The SMILES string of the molecule is CC(C)(C)OC(=O)CC1CCN(CC2CCN(c3ccc4c(c3)oc(=O)n4C3CCC(=O)NC3=O)CC2)CC1. The van der Waals surface area contributed by atoms with Gasteiger partial charge in [-0.05, 0) is 89.9 Å². The smallest absolute Gasteiger partial charge is 0.420 e. The molecule has 1 atom stereocenters. The number of rotatable bonds is 6. The Morgan fingerprint density at radius 3 is 2.36 bits per heavy atom. The number of ether oxygens (including phenoxy) is 1. The number of piperidine rings is 3. The van der Waals surface area contributed by atoms with Crippen molar-refractivity contribution in [3.63, 3.8) is 0 Å². The highest BCUT2D eigenvalue weighted by Crippen LogP contribution is 2.30. The van der Waals surface area contributed by atoms with E-state index in [1.807, 2.05) is 39.0 Å². The average molecular weight is 541 g/mol. The summed E-state index contributed by atoms with van der Waals surface area (Å²) in [4.78, 5) is 53.5. The van der Waals surface area contributed by atoms with E-state index in [9.17, 15) is 19.2 Å². The molecule has 3 aliphatic heterocycles. The number of aromatic nitrogens is 1. The summed E-state index contributed by atoms with van der Waals surface area (Å²) in [5.74, 6) is -0.389. The standard InChI is InChI=1S/C29H40N4O6/c1-29(2,3)39-26(35)16-19-8-12-31(13-9-19)18-20-10-14-32(15-11-20)21-4-5-22-24(17-21)38-28(37)33(22)23-6-7-25(34)30-27(23)36/h4-5,17,19-20,23H,6-16,18H2,1-3H3,(H,30,34,36). The fourth-order valence-corrected chi connectivity index (χ4v) is 6.18. The number of nitrogens with zero attached hydrogens (tertiary/aromatic N) is 3. The first-order valence-electron chi connectivity index (χ1n) is 14.2. The first-order chi connectivity index (χ1) is 18.6. The van der Waals surface area contributed by atoms with Gasteiger partial charge in [0.2, 0.25) is 11.8 Å². The largest absolute Gasteiger partial charge is 0.460 e. The van der Waals surface area contributed by atoms with E-state index < -0.39 is 23.3 Å². The number of anilines is 1. The Hall–Kier alpha value is -3.14. The molecule has 0 saturated carbocycles. The van der Waals surface area contributed by atoms with Crippen LogP contribution in [0.2, 0.25) is 0 Å². The molecular weight excluding hydrogens is 500 g/mol. The number of oxazole rings is 1. The molecule has 0 aliphatic carbocycles. The minimum absolute atomic E-state index is 0.0849. The summed E-state index contributed by atoms with van der Waals surface area (Å²) in [6.45, 7) is 10.8. The van der Waals surface area contributed by atoms with E-state index in [1.54, 1.807) is 0 Å². The molecule has 10 heteroatoms. The Kier molecular flexibility index (Phi) is 7.84. The third-order valence-corrected chi connectivity index (χ3v) is 8.20. The molecule has 1 aromatic carbocycles. The number of fused-ring (bicyclic) bond motifs is 1. The second-order valence-corrected chi connectivity index (χ2v) is 12.3. The third kappa shape index (κ3) is 6.54. The fourth-order valence-electron chi connectivity index (χ4n) is 6.18. The monoisotopic (exact) mass is 540 g/mol. The highest BCUT2D eigenvalue weighted by molar-refractivity contribution is 6.00. The molecule has 4 heterocycles. The first-order valence-corrected chi connectivity index (χ1v) is 14.2. The van der Waals surface area contributed by atoms with Gasteiger partial charge in [-0.25, -0.2) is 4.79 Å². The Labute approximate surface area is 228 Å². The molecule has 5 rings (SSSR count). The maximum absolute atomic E-state index is 12.6. The number of esters is 1. The lowest BCUT2D eigenvalue weighted by molar-refractivity contribution is -0.156. The molecule has 2 aromatic rings. The van der Waals surface area contributed by atoms with Crippen molar-refractivity contribution in [1.82, 2.24) is 14.8 Å². The molecule has 1 N–H and O–H groups in total. The zero-order valence-electron chi connectivity index (χ0n) is 23.2. The number of carbonyl (C=O) groups is 3. The molecular formula is C29H40N4O6. The minimum Gasteiger partial charge on any atom is -0.460 e. The highest BCUT2D eigenvalue weighted by Gasteiger charge is 2.32. The molecule has 212 valence electrons. The van der Waals surface area contributed by atoms with Crippen LogP contribution in [0.15, 0.2) is 27.4 Å². The van der Waals surface area contributed by atoms with Gasteiger partial charge in [-0.1, -0.05) is 0 Å². The second kappa shape index (κ2) is 11.2. The van der Waals surface area contributed by atoms with Gasteiger partial charge in [0.25, 0.3) is 0 Å². The number of imide groups is 1. The zero-order chi connectivity index (χ0) is 27.7. The Morgan fingerprint density at radius 2 is 1.69 bits per heavy atom. The number of hydrogen-bond donors (Lipinski definition) is 1. The van der Waals surface area contributed by atoms with E-state index in [0.717, 1.165) is 64.1 Å². The van der Waals surface area contributed by atoms with E-state index in [1.165, 1.54) is 4.57 Å². The molecule has 1 aromatic heterocycles. The topological polar surface area (TPSA) is 114 Å². The normalized spacial score (nSPS) is 22.3. The van der Waals surface area contributed by atoms with E-state index in [-0.39, 0.29) is 24.7 Å². The number of hydrogen-bond acceptors (Lipinski definition) is 8. The fraction of sp³-hybridized carbons (Fsp3) is 0.655. The van der Waals surface area contributed by atoms with Crippen LogP contribution in [0.1, 0.15) is 71.8 Å². The van der Waals surface area contributed by atoms with Gasteiger partial charge in [0, 0.05) is 44.2 Å². The first kappa shape index (κ1) is 27.4. The number of carbonyl (C=O) groups excluding carboxylic acids is 3. The van der Waals surface area contributed by atoms with Crippen LogP contribution in [0, 0.1) is 11.8 Å². The molecule has 2 amide bonds. The molecule has 0 bridgehead atoms. The lowest BCUT2D eigenvalue weighted by atomic mass is 9.91. The highest BCUT2D eigenvalue weighted by atomic mass is 16.6. The van der Waals surface area contributed by atoms with Crippen molar-refractivity contribution >= 4 is 34.6 Å². The summed E-state index contributed by atoms with van der Waals surface area (Å²) < 4.78 is 12.4. The molecule has 3 fully saturated rings. The molecule has 1 unspecified atom stereocenters. The summed E-state index contributed by atoms with van der Waals surface area (Å²) in [7, 11) is 0. The van der Waals surface area contributed by atoms with Crippen molar-refractivity contribution in [3.8, 4) is 0 Å². The number of likely N-dealkylation sites (tertiary alicyclic amines) is 1. The van der Waals surface area contributed by atoms with E-state index in [4.69, 9.17) is 9.15 Å². The van der Waals surface area contributed by atoms with Gasteiger partial charge < -0.3 is 19.0 Å². The van der Waals surface area contributed by atoms with Crippen molar-refractivity contribution in [3.05, 3.63) is 28.7 Å². The van der Waals surface area contributed by atoms with Crippen molar-refractivity contribution < 1.29 is 23.5 Å². The van der Waals surface area contributed by atoms with Gasteiger partial charge in [0.05, 0.1) is 5.52 Å². The predicted molar refractivity (Wildman–Crippen MR) is 146 cm³/mol. The Morgan fingerprint density at radius 1 is 1.00 bits per heavy atom. The summed E-state index contributed by atoms with van der Waals surface area (Å²) >= 11 is 0. The van der Waals surface area contributed by atoms with Crippen LogP contribution in [0.4, 0.5) is 5.69 Å². The second-order valence-electron chi connectivity index (χ2n) is 12.3. The predicted octanol–water partition coefficient (Wildman–Crippen LogP) is 3.23. The minimum atomic E-state index is -0.736. The van der Waals surface area contributed by atoms with E-state index >= 15 is 0 Å². The summed E-state index contributed by atoms with van der Waals surface area (Å²) in [6.07, 6.45) is 5.28. The van der Waals surface area contributed by atoms with Gasteiger partial charge in [-0.2, -0.15) is 0 Å². The van der Waals surface area contributed by atoms with Gasteiger partial charge >= 0.3 is 11.7 Å². The summed E-state index contributed by atoms with van der Waals surface area (Å²) in [5, 5.41) is 2.31. The number of nitrogens with one attached hydrogen (secondary N) is 1. The van der Waals surface area contributed by atoms with Gasteiger partial charge in [-0.15, -0.1) is 0 Å². The van der Waals surface area contributed by atoms with Crippen LogP contribution >= 0.6 is 0 Å². The summed E-state index contributed by atoms with van der Waals surface area (Å²) in [5.41, 5.74) is 1.61. The van der Waals surface area contributed by atoms with E-state index in [2.05, 4.69) is 15.1 Å². The lowest BCUT2D eigenvalue weighted by Crippen LogP contribution is -2.43. The molecule has 3 aliphatic rings. The maximum atomic E-state index is 12.6. The average Bonchev–Trinajstić information content (AvgIpc) is 3.19. The van der Waals surface area contributed by atoms with Crippen LogP contribution in [-0.4, -0.2) is 65.6 Å². The van der Waals surface area contributed by atoms with E-state index in [0.29, 0.717) is 29.4 Å². The maximum Gasteiger partial charge on any atom is 0.420 e. The molecule has 10 nitrogen and oxygen atoms in total.